The van der Waals surface area contributed by atoms with Gasteiger partial charge in [0.2, 0.25) is 0 Å². The van der Waals surface area contributed by atoms with Crippen molar-refractivity contribution >= 4 is 5.97 Å². The maximum Gasteiger partial charge on any atom is 0.333 e. The van der Waals surface area contributed by atoms with Crippen molar-refractivity contribution in [2.24, 2.45) is 0 Å². The van der Waals surface area contributed by atoms with Crippen LogP contribution in [-0.4, -0.2) is 11.1 Å². The van der Waals surface area contributed by atoms with Crippen LogP contribution in [0.5, 0.6) is 0 Å². The summed E-state index contributed by atoms with van der Waals surface area (Å²) in [5.74, 6) is -0.752. The zero-order valence-electron chi connectivity index (χ0n) is 17.4. The van der Waals surface area contributed by atoms with Crippen molar-refractivity contribution in [3.05, 3.63) is 94.8 Å². The minimum Gasteiger partial charge on any atom is -0.457 e. The molecule has 3 aromatic rings. The Labute approximate surface area is 176 Å². The zero-order valence-corrected chi connectivity index (χ0v) is 17.4. The van der Waals surface area contributed by atoms with Crippen molar-refractivity contribution in [1.29, 1.82) is 0 Å². The van der Waals surface area contributed by atoms with Crippen molar-refractivity contribution in [2.75, 3.05) is 0 Å². The molecule has 154 valence electrons. The molecule has 3 nitrogen and oxygen atoms in total. The van der Waals surface area contributed by atoms with Gasteiger partial charge < -0.3 is 9.84 Å². The van der Waals surface area contributed by atoms with Gasteiger partial charge in [0, 0.05) is 11.1 Å². The zero-order chi connectivity index (χ0) is 21.7. The number of aryl methyl sites for hydroxylation is 1. The lowest BCUT2D eigenvalue weighted by molar-refractivity contribution is -0.140. The molecule has 0 aromatic heterocycles. The Kier molecular flexibility index (Phi) is 6.80. The van der Waals surface area contributed by atoms with Crippen molar-refractivity contribution in [3.63, 3.8) is 0 Å². The lowest BCUT2D eigenvalue weighted by Crippen LogP contribution is -2.07. The average Bonchev–Trinajstić information content (AvgIpc) is 2.77. The van der Waals surface area contributed by atoms with E-state index in [-0.39, 0.29) is 19.0 Å². The molecule has 4 heteroatoms. The number of hydrogen-bond acceptors (Lipinski definition) is 3. The first-order valence-corrected chi connectivity index (χ1v) is 9.82. The van der Waals surface area contributed by atoms with E-state index in [1.165, 1.54) is 6.07 Å². The van der Waals surface area contributed by atoms with Crippen LogP contribution < -0.4 is 0 Å². The monoisotopic (exact) mass is 404 g/mol. The summed E-state index contributed by atoms with van der Waals surface area (Å²) >= 11 is 0. The Bertz CT molecular complexity index is 1080. The molecule has 1 N–H and O–H groups in total. The van der Waals surface area contributed by atoms with Gasteiger partial charge in [-0.2, -0.15) is 0 Å². The van der Waals surface area contributed by atoms with Crippen molar-refractivity contribution in [2.45, 2.75) is 34.0 Å². The quantitative estimate of drug-likeness (QED) is 0.407. The fourth-order valence-corrected chi connectivity index (χ4v) is 3.13. The number of halogens is 1. The summed E-state index contributed by atoms with van der Waals surface area (Å²) in [6, 6.07) is 18.3. The topological polar surface area (TPSA) is 46.5 Å². The maximum absolute atomic E-state index is 14.9. The molecule has 3 aromatic carbocycles. The van der Waals surface area contributed by atoms with Crippen molar-refractivity contribution < 1.29 is 19.0 Å². The number of carbonyl (C=O) groups excluding carboxylic acids is 1. The Balaban J connectivity index is 1.90. The number of carbonyl (C=O) groups is 1. The van der Waals surface area contributed by atoms with Gasteiger partial charge in [-0.25, -0.2) is 9.18 Å². The number of aliphatic hydroxyl groups excluding tert-OH is 1. The minimum absolute atomic E-state index is 0.0107. The molecule has 0 atom stereocenters. The lowest BCUT2D eigenvalue weighted by atomic mass is 9.96. The van der Waals surface area contributed by atoms with E-state index < -0.39 is 5.97 Å². The smallest absolute Gasteiger partial charge is 0.333 e. The Morgan fingerprint density at radius 1 is 0.967 bits per heavy atom. The Morgan fingerprint density at radius 3 is 2.27 bits per heavy atom. The van der Waals surface area contributed by atoms with Crippen molar-refractivity contribution in [1.82, 2.24) is 0 Å². The third kappa shape index (κ3) is 4.84. The molecular weight excluding hydrogens is 379 g/mol. The van der Waals surface area contributed by atoms with Crippen LogP contribution in [0.3, 0.4) is 0 Å². The minimum atomic E-state index is -0.416. The Hall–Kier alpha value is -3.24. The van der Waals surface area contributed by atoms with E-state index in [0.29, 0.717) is 27.8 Å². The van der Waals surface area contributed by atoms with E-state index in [9.17, 15) is 14.3 Å². The number of benzene rings is 3. The third-order valence-corrected chi connectivity index (χ3v) is 5.16. The number of rotatable bonds is 6. The molecule has 0 unspecified atom stereocenters. The first-order chi connectivity index (χ1) is 14.4. The molecule has 0 radical (unpaired) electrons. The number of hydrogen-bond donors (Lipinski definition) is 1. The predicted molar refractivity (Wildman–Crippen MR) is 117 cm³/mol. The van der Waals surface area contributed by atoms with Gasteiger partial charge in [0.15, 0.2) is 0 Å². The molecule has 0 saturated carbocycles. The summed E-state index contributed by atoms with van der Waals surface area (Å²) < 4.78 is 20.3. The molecule has 0 spiro atoms. The highest BCUT2D eigenvalue weighted by molar-refractivity contribution is 5.87. The van der Waals surface area contributed by atoms with Gasteiger partial charge in [0.05, 0.1) is 6.61 Å². The van der Waals surface area contributed by atoms with Crippen LogP contribution in [0.15, 0.2) is 72.3 Å². The van der Waals surface area contributed by atoms with Crippen LogP contribution in [0.1, 0.15) is 30.5 Å². The summed E-state index contributed by atoms with van der Waals surface area (Å²) in [7, 11) is 0. The summed E-state index contributed by atoms with van der Waals surface area (Å²) in [6.07, 6.45) is 1.68. The van der Waals surface area contributed by atoms with E-state index >= 15 is 0 Å². The van der Waals surface area contributed by atoms with Gasteiger partial charge >= 0.3 is 5.97 Å². The van der Waals surface area contributed by atoms with Gasteiger partial charge in [-0.05, 0) is 60.7 Å². The molecule has 0 heterocycles. The molecule has 30 heavy (non-hydrogen) atoms. The Morgan fingerprint density at radius 2 is 1.63 bits per heavy atom. The van der Waals surface area contributed by atoms with Crippen LogP contribution in [0.4, 0.5) is 4.39 Å². The van der Waals surface area contributed by atoms with Crippen LogP contribution in [0.2, 0.25) is 0 Å². The summed E-state index contributed by atoms with van der Waals surface area (Å²) in [6.45, 7) is 5.27. The van der Waals surface area contributed by atoms with Crippen LogP contribution in [0, 0.1) is 12.7 Å². The predicted octanol–water partition coefficient (Wildman–Crippen LogP) is 5.97. The van der Waals surface area contributed by atoms with Crippen LogP contribution >= 0.6 is 0 Å². The lowest BCUT2D eigenvalue weighted by Gasteiger charge is -2.13. The van der Waals surface area contributed by atoms with Gasteiger partial charge in [-0.1, -0.05) is 60.2 Å². The number of ether oxygens (including phenoxy) is 1. The van der Waals surface area contributed by atoms with Crippen molar-refractivity contribution in [3.8, 4) is 22.3 Å². The van der Waals surface area contributed by atoms with Crippen LogP contribution in [-0.2, 0) is 22.7 Å². The summed E-state index contributed by atoms with van der Waals surface area (Å²) in [5, 5.41) is 9.61. The van der Waals surface area contributed by atoms with Gasteiger partial charge in [0.1, 0.15) is 12.4 Å². The average molecular weight is 404 g/mol. The molecular formula is C26H25FO3. The molecule has 0 aliphatic carbocycles. The van der Waals surface area contributed by atoms with E-state index in [4.69, 9.17) is 4.74 Å². The highest BCUT2D eigenvalue weighted by atomic mass is 19.1. The first-order valence-electron chi connectivity index (χ1n) is 9.82. The van der Waals surface area contributed by atoms with E-state index in [1.54, 1.807) is 44.2 Å². The molecule has 0 aliphatic heterocycles. The molecule has 0 fully saturated rings. The van der Waals surface area contributed by atoms with Gasteiger partial charge in [-0.15, -0.1) is 0 Å². The van der Waals surface area contributed by atoms with Gasteiger partial charge in [-0.3, -0.25) is 0 Å². The number of allylic oxidation sites excluding steroid dienone is 1. The largest absolute Gasteiger partial charge is 0.457 e. The van der Waals surface area contributed by atoms with Crippen LogP contribution in [0.25, 0.3) is 22.3 Å². The van der Waals surface area contributed by atoms with E-state index in [1.807, 2.05) is 37.3 Å². The second kappa shape index (κ2) is 9.51. The fraction of sp³-hybridized carbons (Fsp3) is 0.192. The molecule has 0 amide bonds. The highest BCUT2D eigenvalue weighted by Gasteiger charge is 2.12. The fourth-order valence-electron chi connectivity index (χ4n) is 3.13. The number of esters is 1. The highest BCUT2D eigenvalue weighted by Crippen LogP contribution is 2.30. The third-order valence-electron chi connectivity index (χ3n) is 5.16. The molecule has 0 aliphatic rings. The summed E-state index contributed by atoms with van der Waals surface area (Å²) in [5.41, 5.74) is 5.82. The standard InChI is InChI=1S/C26H25FO3/c1-4-18(3)26(29)30-16-23-13-21(9-10-22(23)15-28)24-12-11-20(14-25(24)27)19-7-5-17(2)6-8-19/h4-14,28H,15-16H2,1-3H3/b18-4+. The normalized spacial score (nSPS) is 11.4. The number of aliphatic hydroxyl groups is 1. The van der Waals surface area contributed by atoms with E-state index in [2.05, 4.69) is 0 Å². The van der Waals surface area contributed by atoms with Gasteiger partial charge in [0.25, 0.3) is 0 Å². The SMILES string of the molecule is C/C=C(\C)C(=O)OCc1cc(-c2ccc(-c3ccc(C)cc3)cc2F)ccc1CO. The molecule has 0 bridgehead atoms. The second-order valence-electron chi connectivity index (χ2n) is 7.25. The second-order valence-corrected chi connectivity index (χ2v) is 7.25. The molecule has 0 saturated heterocycles. The van der Waals surface area contributed by atoms with E-state index in [0.717, 1.165) is 16.7 Å². The maximum atomic E-state index is 14.9. The summed E-state index contributed by atoms with van der Waals surface area (Å²) in [4.78, 5) is 11.9. The molecule has 3 rings (SSSR count). The first kappa shape index (κ1) is 21.5.